The molecule has 1 N–H and O–H groups in total. The standard InChI is InChI=1S/C14H17NO2/c1-15(9-4-2-5-10(16)8-9)14(17)13-11-6-3-7-12(11)13/h2,4-5,8,11-13,16H,3,6-7H2,1H3. The van der Waals surface area contributed by atoms with Crippen LogP contribution in [0.3, 0.4) is 0 Å². The number of hydrogen-bond acceptors (Lipinski definition) is 2. The molecule has 0 bridgehead atoms. The summed E-state index contributed by atoms with van der Waals surface area (Å²) in [4.78, 5) is 14.0. The van der Waals surface area contributed by atoms with E-state index in [2.05, 4.69) is 0 Å². The number of rotatable bonds is 2. The van der Waals surface area contributed by atoms with Crippen LogP contribution in [0.25, 0.3) is 0 Å². The van der Waals surface area contributed by atoms with Gasteiger partial charge in [-0.3, -0.25) is 4.79 Å². The maximum atomic E-state index is 12.3. The summed E-state index contributed by atoms with van der Waals surface area (Å²) in [6.45, 7) is 0. The molecule has 2 aliphatic carbocycles. The largest absolute Gasteiger partial charge is 0.508 e. The maximum Gasteiger partial charge on any atom is 0.230 e. The molecule has 2 saturated carbocycles. The molecule has 0 heterocycles. The van der Waals surface area contributed by atoms with E-state index in [4.69, 9.17) is 0 Å². The Morgan fingerprint density at radius 3 is 2.71 bits per heavy atom. The fraction of sp³-hybridized carbons (Fsp3) is 0.500. The van der Waals surface area contributed by atoms with Crippen molar-refractivity contribution in [2.45, 2.75) is 19.3 Å². The highest BCUT2D eigenvalue weighted by molar-refractivity contribution is 5.96. The van der Waals surface area contributed by atoms with E-state index in [1.807, 2.05) is 6.07 Å². The highest BCUT2D eigenvalue weighted by atomic mass is 16.3. The SMILES string of the molecule is CN(C(=O)C1C2CCCC21)c1cccc(O)c1. The predicted octanol–water partition coefficient (Wildman–Crippen LogP) is 2.40. The van der Waals surface area contributed by atoms with Gasteiger partial charge in [0.25, 0.3) is 0 Å². The predicted molar refractivity (Wildman–Crippen MR) is 65.8 cm³/mol. The summed E-state index contributed by atoms with van der Waals surface area (Å²) in [5.41, 5.74) is 0.778. The lowest BCUT2D eigenvalue weighted by Crippen LogP contribution is -2.29. The molecule has 2 atom stereocenters. The number of fused-ring (bicyclic) bond motifs is 1. The van der Waals surface area contributed by atoms with Crippen LogP contribution in [0.2, 0.25) is 0 Å². The summed E-state index contributed by atoms with van der Waals surface area (Å²) in [7, 11) is 1.80. The molecule has 0 spiro atoms. The van der Waals surface area contributed by atoms with Gasteiger partial charge in [-0.05, 0) is 36.8 Å². The third-order valence-electron chi connectivity index (χ3n) is 4.24. The third-order valence-corrected chi connectivity index (χ3v) is 4.24. The molecule has 0 aromatic heterocycles. The van der Waals surface area contributed by atoms with E-state index < -0.39 is 0 Å². The Bertz CT molecular complexity index is 447. The zero-order chi connectivity index (χ0) is 12.0. The minimum Gasteiger partial charge on any atom is -0.508 e. The number of phenolic OH excluding ortho intramolecular Hbond substituents is 1. The van der Waals surface area contributed by atoms with Gasteiger partial charge in [-0.15, -0.1) is 0 Å². The second-order valence-electron chi connectivity index (χ2n) is 5.20. The molecule has 90 valence electrons. The van der Waals surface area contributed by atoms with Gasteiger partial charge in [-0.1, -0.05) is 12.5 Å². The summed E-state index contributed by atoms with van der Waals surface area (Å²) in [5.74, 6) is 1.95. The van der Waals surface area contributed by atoms with Gasteiger partial charge in [0, 0.05) is 24.7 Å². The number of carbonyl (C=O) groups excluding carboxylic acids is 1. The van der Waals surface area contributed by atoms with E-state index in [0.717, 1.165) is 5.69 Å². The van der Waals surface area contributed by atoms with Crippen molar-refractivity contribution < 1.29 is 9.90 Å². The van der Waals surface area contributed by atoms with E-state index in [1.54, 1.807) is 30.1 Å². The van der Waals surface area contributed by atoms with Crippen molar-refractivity contribution >= 4 is 11.6 Å². The first kappa shape index (κ1) is 10.6. The Balaban J connectivity index is 1.74. The van der Waals surface area contributed by atoms with Crippen LogP contribution in [0.15, 0.2) is 24.3 Å². The normalized spacial score (nSPS) is 29.8. The topological polar surface area (TPSA) is 40.5 Å². The van der Waals surface area contributed by atoms with Crippen molar-refractivity contribution in [2.24, 2.45) is 17.8 Å². The van der Waals surface area contributed by atoms with Gasteiger partial charge >= 0.3 is 0 Å². The van der Waals surface area contributed by atoms with Crippen LogP contribution in [0.4, 0.5) is 5.69 Å². The van der Waals surface area contributed by atoms with Crippen molar-refractivity contribution in [3.05, 3.63) is 24.3 Å². The monoisotopic (exact) mass is 231 g/mol. The Morgan fingerprint density at radius 2 is 2.06 bits per heavy atom. The molecule has 1 aromatic carbocycles. The van der Waals surface area contributed by atoms with E-state index in [9.17, 15) is 9.90 Å². The van der Waals surface area contributed by atoms with Gasteiger partial charge in [0.2, 0.25) is 5.91 Å². The minimum absolute atomic E-state index is 0.207. The minimum atomic E-state index is 0.207. The quantitative estimate of drug-likeness (QED) is 0.849. The fourth-order valence-electron chi connectivity index (χ4n) is 3.24. The molecule has 1 aromatic rings. The van der Waals surface area contributed by atoms with Crippen LogP contribution in [0, 0.1) is 17.8 Å². The van der Waals surface area contributed by atoms with Gasteiger partial charge < -0.3 is 10.0 Å². The van der Waals surface area contributed by atoms with Crippen LogP contribution < -0.4 is 4.90 Å². The molecular weight excluding hydrogens is 214 g/mol. The Labute approximate surface area is 101 Å². The Kier molecular flexibility index (Phi) is 2.35. The molecule has 2 unspecified atom stereocenters. The molecule has 0 saturated heterocycles. The molecule has 3 heteroatoms. The average molecular weight is 231 g/mol. The first-order chi connectivity index (χ1) is 8.18. The summed E-state index contributed by atoms with van der Waals surface area (Å²) < 4.78 is 0. The van der Waals surface area contributed by atoms with Gasteiger partial charge in [0.15, 0.2) is 0 Å². The zero-order valence-corrected chi connectivity index (χ0v) is 9.97. The number of amides is 1. The van der Waals surface area contributed by atoms with E-state index in [-0.39, 0.29) is 17.6 Å². The molecule has 3 nitrogen and oxygen atoms in total. The number of phenols is 1. The fourth-order valence-corrected chi connectivity index (χ4v) is 3.24. The van der Waals surface area contributed by atoms with E-state index in [0.29, 0.717) is 11.8 Å². The van der Waals surface area contributed by atoms with Gasteiger partial charge in [0.05, 0.1) is 0 Å². The number of carbonyl (C=O) groups is 1. The molecule has 1 amide bonds. The highest BCUT2D eigenvalue weighted by Gasteiger charge is 2.57. The van der Waals surface area contributed by atoms with E-state index in [1.165, 1.54) is 19.3 Å². The number of benzene rings is 1. The van der Waals surface area contributed by atoms with Gasteiger partial charge in [0.1, 0.15) is 5.75 Å². The van der Waals surface area contributed by atoms with Crippen LogP contribution in [0.1, 0.15) is 19.3 Å². The summed E-state index contributed by atoms with van der Waals surface area (Å²) in [5, 5.41) is 9.42. The van der Waals surface area contributed by atoms with Crippen molar-refractivity contribution in [1.82, 2.24) is 0 Å². The lowest BCUT2D eigenvalue weighted by molar-refractivity contribution is -0.120. The first-order valence-corrected chi connectivity index (χ1v) is 6.25. The Morgan fingerprint density at radius 1 is 1.35 bits per heavy atom. The maximum absolute atomic E-state index is 12.3. The zero-order valence-electron chi connectivity index (χ0n) is 9.97. The second kappa shape index (κ2) is 3.76. The molecule has 17 heavy (non-hydrogen) atoms. The summed E-state index contributed by atoms with van der Waals surface area (Å²) >= 11 is 0. The van der Waals surface area contributed by atoms with E-state index >= 15 is 0 Å². The molecule has 2 aliphatic rings. The van der Waals surface area contributed by atoms with Crippen LogP contribution in [-0.4, -0.2) is 18.1 Å². The number of aromatic hydroxyl groups is 1. The third kappa shape index (κ3) is 1.70. The van der Waals surface area contributed by atoms with Gasteiger partial charge in [-0.2, -0.15) is 0 Å². The highest BCUT2D eigenvalue weighted by Crippen LogP contribution is 2.58. The summed E-state index contributed by atoms with van der Waals surface area (Å²) in [6, 6.07) is 6.88. The summed E-state index contributed by atoms with van der Waals surface area (Å²) in [6.07, 6.45) is 3.72. The van der Waals surface area contributed by atoms with Crippen LogP contribution in [-0.2, 0) is 4.79 Å². The number of anilines is 1. The molecule has 0 radical (unpaired) electrons. The van der Waals surface area contributed by atoms with Crippen molar-refractivity contribution in [3.63, 3.8) is 0 Å². The molecule has 2 fully saturated rings. The smallest absolute Gasteiger partial charge is 0.230 e. The lowest BCUT2D eigenvalue weighted by atomic mass is 10.1. The van der Waals surface area contributed by atoms with Crippen LogP contribution >= 0.6 is 0 Å². The second-order valence-corrected chi connectivity index (χ2v) is 5.20. The average Bonchev–Trinajstić information content (AvgIpc) is 2.80. The van der Waals surface area contributed by atoms with Crippen molar-refractivity contribution in [1.29, 1.82) is 0 Å². The molecular formula is C14H17NO2. The van der Waals surface area contributed by atoms with Crippen LogP contribution in [0.5, 0.6) is 5.75 Å². The first-order valence-electron chi connectivity index (χ1n) is 6.25. The van der Waals surface area contributed by atoms with Crippen molar-refractivity contribution in [3.8, 4) is 5.75 Å². The molecule has 0 aliphatic heterocycles. The number of nitrogens with zero attached hydrogens (tertiary/aromatic N) is 1. The Hall–Kier alpha value is -1.51. The number of hydrogen-bond donors (Lipinski definition) is 1. The van der Waals surface area contributed by atoms with Gasteiger partial charge in [-0.25, -0.2) is 0 Å². The lowest BCUT2D eigenvalue weighted by Gasteiger charge is -2.18. The molecule has 3 rings (SSSR count). The van der Waals surface area contributed by atoms with Crippen molar-refractivity contribution in [2.75, 3.05) is 11.9 Å².